The van der Waals surface area contributed by atoms with Gasteiger partial charge in [0.25, 0.3) is 0 Å². The van der Waals surface area contributed by atoms with Gasteiger partial charge in [-0.05, 0) is 19.2 Å². The van der Waals surface area contributed by atoms with Gasteiger partial charge in [0.15, 0.2) is 0 Å². The van der Waals surface area contributed by atoms with Crippen LogP contribution in [0.3, 0.4) is 0 Å². The zero-order valence-corrected chi connectivity index (χ0v) is 13.2. The largest absolute Gasteiger partial charge is 0.496 e. The lowest BCUT2D eigenvalue weighted by atomic mass is 10.0. The minimum atomic E-state index is 0.271. The van der Waals surface area contributed by atoms with Crippen LogP contribution in [-0.2, 0) is 4.74 Å². The predicted octanol–water partition coefficient (Wildman–Crippen LogP) is 2.31. The highest BCUT2D eigenvalue weighted by molar-refractivity contribution is 5.36. The Labute approximate surface area is 123 Å². The molecule has 4 nitrogen and oxygen atoms in total. The van der Waals surface area contributed by atoms with Crippen LogP contribution < -0.4 is 10.1 Å². The molecule has 1 unspecified atom stereocenters. The number of hydrogen-bond acceptors (Lipinski definition) is 4. The van der Waals surface area contributed by atoms with Crippen LogP contribution in [0.5, 0.6) is 5.75 Å². The van der Waals surface area contributed by atoms with Crippen LogP contribution in [0.15, 0.2) is 24.3 Å². The first-order chi connectivity index (χ1) is 9.76. The van der Waals surface area contributed by atoms with Crippen LogP contribution >= 0.6 is 0 Å². The summed E-state index contributed by atoms with van der Waals surface area (Å²) in [6, 6.07) is 8.50. The monoisotopic (exact) mass is 280 g/mol. The van der Waals surface area contributed by atoms with Crippen molar-refractivity contribution in [2.75, 3.05) is 47.0 Å². The van der Waals surface area contributed by atoms with Gasteiger partial charge in [-0.1, -0.05) is 32.0 Å². The zero-order chi connectivity index (χ0) is 14.8. The van der Waals surface area contributed by atoms with Crippen molar-refractivity contribution in [3.05, 3.63) is 29.8 Å². The van der Waals surface area contributed by atoms with E-state index >= 15 is 0 Å². The standard InChI is InChI=1S/C16H28N2O2/c1-5-17-15(13-18(6-2)11-12-19-3)14-9-7-8-10-16(14)20-4/h7-10,15,17H,5-6,11-13H2,1-4H3. The van der Waals surface area contributed by atoms with Gasteiger partial charge in [-0.15, -0.1) is 0 Å². The lowest BCUT2D eigenvalue weighted by Gasteiger charge is -2.28. The van der Waals surface area contributed by atoms with Gasteiger partial charge < -0.3 is 14.8 Å². The van der Waals surface area contributed by atoms with Gasteiger partial charge in [-0.2, -0.15) is 0 Å². The summed E-state index contributed by atoms with van der Waals surface area (Å²) >= 11 is 0. The van der Waals surface area contributed by atoms with Gasteiger partial charge in [0.1, 0.15) is 5.75 Å². The highest BCUT2D eigenvalue weighted by atomic mass is 16.5. The summed E-state index contributed by atoms with van der Waals surface area (Å²) in [6.45, 7) is 8.93. The van der Waals surface area contributed by atoms with Crippen molar-refractivity contribution in [3.8, 4) is 5.75 Å². The average Bonchev–Trinajstić information content (AvgIpc) is 2.50. The molecule has 0 aliphatic carbocycles. The molecule has 1 rings (SSSR count). The number of hydrogen-bond donors (Lipinski definition) is 1. The van der Waals surface area contributed by atoms with E-state index in [-0.39, 0.29) is 6.04 Å². The summed E-state index contributed by atoms with van der Waals surface area (Å²) < 4.78 is 10.7. The lowest BCUT2D eigenvalue weighted by Crippen LogP contribution is -2.37. The molecule has 0 spiro atoms. The number of nitrogens with one attached hydrogen (secondary N) is 1. The fraction of sp³-hybridized carbons (Fsp3) is 0.625. The summed E-state index contributed by atoms with van der Waals surface area (Å²) in [4.78, 5) is 2.39. The third-order valence-electron chi connectivity index (χ3n) is 3.46. The molecule has 0 fully saturated rings. The van der Waals surface area contributed by atoms with E-state index in [0.717, 1.165) is 38.5 Å². The van der Waals surface area contributed by atoms with Crippen LogP contribution in [0, 0.1) is 0 Å². The lowest BCUT2D eigenvalue weighted by molar-refractivity contribution is 0.144. The molecule has 0 saturated carbocycles. The number of nitrogens with zero attached hydrogens (tertiary/aromatic N) is 1. The Bertz CT molecular complexity index is 371. The molecule has 0 bridgehead atoms. The summed E-state index contributed by atoms with van der Waals surface area (Å²) in [5, 5.41) is 3.55. The van der Waals surface area contributed by atoms with E-state index in [1.165, 1.54) is 5.56 Å². The minimum absolute atomic E-state index is 0.271. The van der Waals surface area contributed by atoms with E-state index in [4.69, 9.17) is 9.47 Å². The SMILES string of the molecule is CCNC(CN(CC)CCOC)c1ccccc1OC. The molecule has 4 heteroatoms. The second kappa shape index (κ2) is 9.75. The van der Waals surface area contributed by atoms with E-state index < -0.39 is 0 Å². The third-order valence-corrected chi connectivity index (χ3v) is 3.46. The van der Waals surface area contributed by atoms with E-state index in [1.807, 2.05) is 12.1 Å². The molecule has 1 N–H and O–H groups in total. The molecule has 0 amide bonds. The highest BCUT2D eigenvalue weighted by Crippen LogP contribution is 2.25. The molecule has 1 aromatic rings. The molecular formula is C16H28N2O2. The fourth-order valence-electron chi connectivity index (χ4n) is 2.33. The number of likely N-dealkylation sites (N-methyl/N-ethyl adjacent to an activating group) is 2. The first-order valence-corrected chi connectivity index (χ1v) is 7.34. The molecule has 0 aromatic heterocycles. The van der Waals surface area contributed by atoms with Crippen molar-refractivity contribution in [2.45, 2.75) is 19.9 Å². The van der Waals surface area contributed by atoms with Crippen molar-refractivity contribution < 1.29 is 9.47 Å². The topological polar surface area (TPSA) is 33.7 Å². The van der Waals surface area contributed by atoms with Crippen molar-refractivity contribution >= 4 is 0 Å². The molecule has 1 atom stereocenters. The Kier molecular flexibility index (Phi) is 8.26. The van der Waals surface area contributed by atoms with Crippen LogP contribution in [0.1, 0.15) is 25.5 Å². The molecule has 0 saturated heterocycles. The number of methoxy groups -OCH3 is 2. The maximum Gasteiger partial charge on any atom is 0.123 e. The van der Waals surface area contributed by atoms with Gasteiger partial charge in [0.05, 0.1) is 13.7 Å². The summed E-state index contributed by atoms with van der Waals surface area (Å²) in [7, 11) is 3.47. The molecule has 0 heterocycles. The molecule has 0 radical (unpaired) electrons. The number of ether oxygens (including phenoxy) is 2. The van der Waals surface area contributed by atoms with Crippen LogP contribution in [0.4, 0.5) is 0 Å². The average molecular weight is 280 g/mol. The first kappa shape index (κ1) is 17.0. The summed E-state index contributed by atoms with van der Waals surface area (Å²) in [5.41, 5.74) is 1.22. The molecule has 20 heavy (non-hydrogen) atoms. The molecule has 1 aromatic carbocycles. The third kappa shape index (κ3) is 5.12. The van der Waals surface area contributed by atoms with E-state index in [0.29, 0.717) is 0 Å². The second-order valence-electron chi connectivity index (χ2n) is 4.74. The van der Waals surface area contributed by atoms with Gasteiger partial charge in [0.2, 0.25) is 0 Å². The van der Waals surface area contributed by atoms with Crippen molar-refractivity contribution in [1.82, 2.24) is 10.2 Å². The highest BCUT2D eigenvalue weighted by Gasteiger charge is 2.17. The molecule has 114 valence electrons. The normalized spacial score (nSPS) is 12.7. The maximum atomic E-state index is 5.49. The number of benzene rings is 1. The Morgan fingerprint density at radius 1 is 1.20 bits per heavy atom. The van der Waals surface area contributed by atoms with Gasteiger partial charge in [-0.3, -0.25) is 4.90 Å². The van der Waals surface area contributed by atoms with Crippen molar-refractivity contribution in [1.29, 1.82) is 0 Å². The minimum Gasteiger partial charge on any atom is -0.496 e. The van der Waals surface area contributed by atoms with Crippen LogP contribution in [-0.4, -0.2) is 51.9 Å². The van der Waals surface area contributed by atoms with Crippen LogP contribution in [0.25, 0.3) is 0 Å². The molecule has 0 aliphatic rings. The maximum absolute atomic E-state index is 5.49. The van der Waals surface area contributed by atoms with E-state index in [2.05, 4.69) is 36.2 Å². The second-order valence-corrected chi connectivity index (χ2v) is 4.74. The first-order valence-electron chi connectivity index (χ1n) is 7.34. The Morgan fingerprint density at radius 3 is 2.55 bits per heavy atom. The zero-order valence-electron chi connectivity index (χ0n) is 13.2. The molecule has 0 aliphatic heterocycles. The number of rotatable bonds is 10. The summed E-state index contributed by atoms with van der Waals surface area (Å²) in [6.07, 6.45) is 0. The van der Waals surface area contributed by atoms with E-state index in [9.17, 15) is 0 Å². The predicted molar refractivity (Wildman–Crippen MR) is 83.4 cm³/mol. The molecular weight excluding hydrogens is 252 g/mol. The Morgan fingerprint density at radius 2 is 1.95 bits per heavy atom. The Balaban J connectivity index is 2.81. The van der Waals surface area contributed by atoms with Gasteiger partial charge in [-0.25, -0.2) is 0 Å². The van der Waals surface area contributed by atoms with Crippen molar-refractivity contribution in [3.63, 3.8) is 0 Å². The van der Waals surface area contributed by atoms with Crippen molar-refractivity contribution in [2.24, 2.45) is 0 Å². The van der Waals surface area contributed by atoms with Crippen LogP contribution in [0.2, 0.25) is 0 Å². The Hall–Kier alpha value is -1.10. The summed E-state index contributed by atoms with van der Waals surface area (Å²) in [5.74, 6) is 0.946. The number of para-hydroxylation sites is 1. The smallest absolute Gasteiger partial charge is 0.123 e. The van der Waals surface area contributed by atoms with E-state index in [1.54, 1.807) is 14.2 Å². The van der Waals surface area contributed by atoms with Gasteiger partial charge >= 0.3 is 0 Å². The fourth-order valence-corrected chi connectivity index (χ4v) is 2.33. The quantitative estimate of drug-likeness (QED) is 0.713. The van der Waals surface area contributed by atoms with Gasteiger partial charge in [0, 0.05) is 31.8 Å².